The van der Waals surface area contributed by atoms with Gasteiger partial charge < -0.3 is 25.0 Å². The minimum Gasteiger partial charge on any atom is -0.490 e. The summed E-state index contributed by atoms with van der Waals surface area (Å²) in [6.45, 7) is 1.51. The second-order valence-electron chi connectivity index (χ2n) is 8.22. The second-order valence-corrected chi connectivity index (χ2v) is 10.8. The van der Waals surface area contributed by atoms with Crippen molar-refractivity contribution >= 4 is 44.3 Å². The molecule has 3 aromatic rings. The average Bonchev–Trinajstić information content (AvgIpc) is 2.82. The van der Waals surface area contributed by atoms with Crippen molar-refractivity contribution in [2.24, 2.45) is 0 Å². The minimum absolute atomic E-state index is 0.0106. The SMILES string of the molecule is O=S(=O)(NC[C@H](O)CN1CCC(Oc2ccc(Cl)c(Cl)c2)CC1)c1ccc2nc(O)c(O)nc2c1. The number of β-amino-alcohol motifs (C(OH)–C–C–N with tert-alkyl or cyclic N) is 1. The number of fused-ring (bicyclic) bond motifs is 1. The Hall–Kier alpha value is -2.41. The summed E-state index contributed by atoms with van der Waals surface area (Å²) in [4.78, 5) is 9.42. The van der Waals surface area contributed by atoms with Crippen molar-refractivity contribution in [1.29, 1.82) is 0 Å². The molecule has 35 heavy (non-hydrogen) atoms. The summed E-state index contributed by atoms with van der Waals surface area (Å²) in [6.07, 6.45) is 0.591. The van der Waals surface area contributed by atoms with Gasteiger partial charge in [0.05, 0.1) is 32.1 Å². The Morgan fingerprint density at radius 2 is 1.71 bits per heavy atom. The number of sulfonamides is 1. The molecule has 1 atom stereocenters. The molecule has 1 aliphatic rings. The zero-order chi connectivity index (χ0) is 25.2. The number of nitrogens with one attached hydrogen (secondary N) is 1. The van der Waals surface area contributed by atoms with Crippen molar-refractivity contribution in [3.05, 3.63) is 46.4 Å². The van der Waals surface area contributed by atoms with Gasteiger partial charge >= 0.3 is 0 Å². The van der Waals surface area contributed by atoms with Gasteiger partial charge in [-0.3, -0.25) is 0 Å². The number of aliphatic hydroxyl groups excluding tert-OH is 1. The van der Waals surface area contributed by atoms with E-state index in [1.165, 1.54) is 18.2 Å². The largest absolute Gasteiger partial charge is 0.490 e. The van der Waals surface area contributed by atoms with E-state index in [4.69, 9.17) is 27.9 Å². The van der Waals surface area contributed by atoms with Crippen LogP contribution in [0.2, 0.25) is 10.0 Å². The second kappa shape index (κ2) is 10.7. The van der Waals surface area contributed by atoms with Gasteiger partial charge in [0.15, 0.2) is 0 Å². The first kappa shape index (κ1) is 25.7. The molecule has 13 heteroatoms. The molecule has 1 aromatic heterocycles. The Morgan fingerprint density at radius 3 is 2.40 bits per heavy atom. The molecule has 1 aliphatic heterocycles. The van der Waals surface area contributed by atoms with Crippen molar-refractivity contribution in [3.63, 3.8) is 0 Å². The Morgan fingerprint density at radius 1 is 1.03 bits per heavy atom. The van der Waals surface area contributed by atoms with Gasteiger partial charge in [-0.2, -0.15) is 0 Å². The molecule has 0 spiro atoms. The van der Waals surface area contributed by atoms with Gasteiger partial charge in [-0.05, 0) is 43.2 Å². The first-order valence-electron chi connectivity index (χ1n) is 10.8. The number of aromatic hydroxyl groups is 2. The van der Waals surface area contributed by atoms with Gasteiger partial charge in [0.2, 0.25) is 10.0 Å². The lowest BCUT2D eigenvalue weighted by atomic mass is 10.1. The average molecular weight is 543 g/mol. The number of aromatic nitrogens is 2. The lowest BCUT2D eigenvalue weighted by Crippen LogP contribution is -2.45. The maximum atomic E-state index is 12.7. The Labute approximate surface area is 212 Å². The predicted octanol–water partition coefficient (Wildman–Crippen LogP) is 2.53. The quantitative estimate of drug-likeness (QED) is 0.337. The molecule has 0 radical (unpaired) electrons. The van der Waals surface area contributed by atoms with E-state index in [1.807, 2.05) is 0 Å². The number of benzene rings is 2. The number of rotatable bonds is 8. The minimum atomic E-state index is -3.94. The van der Waals surface area contributed by atoms with Crippen LogP contribution >= 0.6 is 23.2 Å². The van der Waals surface area contributed by atoms with Gasteiger partial charge in [-0.1, -0.05) is 23.2 Å². The number of halogens is 2. The molecule has 2 aromatic carbocycles. The maximum Gasteiger partial charge on any atom is 0.276 e. The fourth-order valence-corrected chi connectivity index (χ4v) is 5.17. The van der Waals surface area contributed by atoms with Crippen LogP contribution in [0.5, 0.6) is 17.5 Å². The number of nitrogens with zero attached hydrogens (tertiary/aromatic N) is 3. The van der Waals surface area contributed by atoms with E-state index in [2.05, 4.69) is 19.6 Å². The lowest BCUT2D eigenvalue weighted by molar-refractivity contribution is 0.0630. The highest BCUT2D eigenvalue weighted by Crippen LogP contribution is 2.28. The highest BCUT2D eigenvalue weighted by Gasteiger charge is 2.24. The topological polar surface area (TPSA) is 145 Å². The van der Waals surface area contributed by atoms with Crippen molar-refractivity contribution in [2.45, 2.75) is 29.9 Å². The zero-order valence-corrected chi connectivity index (χ0v) is 20.8. The van der Waals surface area contributed by atoms with Crippen molar-refractivity contribution < 1.29 is 28.5 Å². The van der Waals surface area contributed by atoms with Crippen LogP contribution in [0.15, 0.2) is 41.3 Å². The lowest BCUT2D eigenvalue weighted by Gasteiger charge is -2.33. The molecule has 1 saturated heterocycles. The smallest absolute Gasteiger partial charge is 0.276 e. The number of likely N-dealkylation sites (tertiary alicyclic amines) is 1. The fraction of sp³-hybridized carbons (Fsp3) is 0.364. The van der Waals surface area contributed by atoms with Crippen LogP contribution in [-0.2, 0) is 10.0 Å². The van der Waals surface area contributed by atoms with Gasteiger partial charge in [-0.15, -0.1) is 0 Å². The summed E-state index contributed by atoms with van der Waals surface area (Å²) >= 11 is 12.0. The van der Waals surface area contributed by atoms with Gasteiger partial charge in [-0.25, -0.2) is 23.1 Å². The van der Waals surface area contributed by atoms with Gasteiger partial charge in [0.1, 0.15) is 11.9 Å². The first-order valence-corrected chi connectivity index (χ1v) is 13.1. The summed E-state index contributed by atoms with van der Waals surface area (Å²) in [6, 6.07) is 9.05. The molecule has 188 valence electrons. The Bertz CT molecular complexity index is 1320. The van der Waals surface area contributed by atoms with E-state index in [0.29, 0.717) is 35.4 Å². The number of hydrogen-bond acceptors (Lipinski definition) is 9. The summed E-state index contributed by atoms with van der Waals surface area (Å²) in [5.41, 5.74) is 0.334. The molecule has 1 fully saturated rings. The highest BCUT2D eigenvalue weighted by atomic mass is 35.5. The molecule has 0 amide bonds. The van der Waals surface area contributed by atoms with E-state index in [0.717, 1.165) is 12.8 Å². The predicted molar refractivity (Wildman–Crippen MR) is 131 cm³/mol. The molecule has 0 aliphatic carbocycles. The van der Waals surface area contributed by atoms with E-state index < -0.39 is 27.9 Å². The van der Waals surface area contributed by atoms with E-state index in [9.17, 15) is 23.7 Å². The van der Waals surface area contributed by atoms with E-state index in [-0.39, 0.29) is 28.6 Å². The van der Waals surface area contributed by atoms with Gasteiger partial charge in [0, 0.05) is 32.2 Å². The third kappa shape index (κ3) is 6.43. The summed E-state index contributed by atoms with van der Waals surface area (Å²) in [7, 11) is -3.94. The molecule has 4 N–H and O–H groups in total. The van der Waals surface area contributed by atoms with Crippen LogP contribution in [0.1, 0.15) is 12.8 Å². The van der Waals surface area contributed by atoms with E-state index >= 15 is 0 Å². The maximum absolute atomic E-state index is 12.7. The van der Waals surface area contributed by atoms with E-state index in [1.54, 1.807) is 18.2 Å². The van der Waals surface area contributed by atoms with Crippen molar-refractivity contribution in [3.8, 4) is 17.5 Å². The molecular formula is C22H24Cl2N4O6S. The Kier molecular flexibility index (Phi) is 7.84. The van der Waals surface area contributed by atoms with Crippen LogP contribution < -0.4 is 9.46 Å². The molecule has 0 saturated carbocycles. The Balaban J connectivity index is 1.26. The fourth-order valence-electron chi connectivity index (χ4n) is 3.79. The first-order chi connectivity index (χ1) is 16.6. The third-order valence-electron chi connectivity index (χ3n) is 5.62. The molecule has 2 heterocycles. The summed E-state index contributed by atoms with van der Waals surface area (Å²) < 4.78 is 33.7. The molecule has 0 bridgehead atoms. The normalized spacial score (nSPS) is 16.4. The number of hydrogen-bond donors (Lipinski definition) is 4. The number of piperidine rings is 1. The van der Waals surface area contributed by atoms with Crippen molar-refractivity contribution in [1.82, 2.24) is 19.6 Å². The zero-order valence-electron chi connectivity index (χ0n) is 18.4. The standard InChI is InChI=1S/C22H24Cl2N4O6S/c23-17-3-1-15(9-18(17)24)34-14-5-7-28(8-6-14)12-13(29)11-25-35(32,33)16-2-4-19-20(10-16)27-22(31)21(30)26-19/h1-4,9-10,13-14,25,29H,5-8,11-12H2,(H,26,30)(H,27,31)/t13-/m0/s1. The van der Waals surface area contributed by atoms with Crippen LogP contribution in [0, 0.1) is 0 Å². The molecule has 4 rings (SSSR count). The van der Waals surface area contributed by atoms with Crippen LogP contribution in [-0.4, -0.2) is 77.0 Å². The summed E-state index contributed by atoms with van der Waals surface area (Å²) in [5.74, 6) is -0.681. The molecule has 10 nitrogen and oxygen atoms in total. The molecular weight excluding hydrogens is 519 g/mol. The van der Waals surface area contributed by atoms with Gasteiger partial charge in [0.25, 0.3) is 11.8 Å². The summed E-state index contributed by atoms with van der Waals surface area (Å²) in [5, 5.41) is 30.2. The number of aliphatic hydroxyl groups is 1. The van der Waals surface area contributed by atoms with Crippen LogP contribution in [0.3, 0.4) is 0 Å². The van der Waals surface area contributed by atoms with Crippen molar-refractivity contribution in [2.75, 3.05) is 26.2 Å². The molecule has 0 unspecified atom stereocenters. The number of ether oxygens (including phenoxy) is 1. The third-order valence-corrected chi connectivity index (χ3v) is 7.78. The van der Waals surface area contributed by atoms with Crippen LogP contribution in [0.4, 0.5) is 0 Å². The monoisotopic (exact) mass is 542 g/mol. The van der Waals surface area contributed by atoms with Crippen LogP contribution in [0.25, 0.3) is 11.0 Å². The highest BCUT2D eigenvalue weighted by molar-refractivity contribution is 7.89.